The SMILES string of the molecule is CC(C(=O)Nc1ccc(Br)cc1)N1CCN(C(=O)C(C)(C)C)CC1. The number of carbonyl (C=O) groups excluding carboxylic acids is 2. The molecule has 132 valence electrons. The van der Waals surface area contributed by atoms with Gasteiger partial charge in [0.25, 0.3) is 0 Å². The summed E-state index contributed by atoms with van der Waals surface area (Å²) in [5.74, 6) is 0.155. The zero-order valence-corrected chi connectivity index (χ0v) is 16.4. The van der Waals surface area contributed by atoms with Crippen LogP contribution in [0.3, 0.4) is 0 Å². The molecule has 1 heterocycles. The van der Waals surface area contributed by atoms with Crippen molar-refractivity contribution >= 4 is 33.4 Å². The number of benzene rings is 1. The first-order chi connectivity index (χ1) is 11.2. The van der Waals surface area contributed by atoms with Crippen LogP contribution in [0, 0.1) is 5.41 Å². The van der Waals surface area contributed by atoms with Gasteiger partial charge in [-0.25, -0.2) is 0 Å². The maximum Gasteiger partial charge on any atom is 0.241 e. The largest absolute Gasteiger partial charge is 0.340 e. The molecule has 1 aliphatic heterocycles. The molecule has 2 amide bonds. The predicted molar refractivity (Wildman–Crippen MR) is 99.8 cm³/mol. The zero-order chi connectivity index (χ0) is 17.9. The summed E-state index contributed by atoms with van der Waals surface area (Å²) in [7, 11) is 0. The summed E-state index contributed by atoms with van der Waals surface area (Å²) >= 11 is 3.38. The van der Waals surface area contributed by atoms with Crippen LogP contribution in [-0.4, -0.2) is 53.8 Å². The number of amides is 2. The van der Waals surface area contributed by atoms with Gasteiger partial charge in [0.05, 0.1) is 6.04 Å². The van der Waals surface area contributed by atoms with Crippen molar-refractivity contribution in [2.75, 3.05) is 31.5 Å². The molecule has 2 rings (SSSR count). The predicted octanol–water partition coefficient (Wildman–Crippen LogP) is 2.97. The van der Waals surface area contributed by atoms with Crippen LogP contribution in [-0.2, 0) is 9.59 Å². The molecule has 1 aliphatic rings. The van der Waals surface area contributed by atoms with Crippen molar-refractivity contribution in [2.24, 2.45) is 5.41 Å². The molecule has 0 radical (unpaired) electrons. The Hall–Kier alpha value is -1.40. The van der Waals surface area contributed by atoms with Crippen molar-refractivity contribution in [1.29, 1.82) is 0 Å². The van der Waals surface area contributed by atoms with E-state index in [9.17, 15) is 9.59 Å². The molecule has 1 aromatic carbocycles. The number of nitrogens with one attached hydrogen (secondary N) is 1. The second-order valence-corrected chi connectivity index (χ2v) is 8.17. The van der Waals surface area contributed by atoms with Crippen molar-refractivity contribution in [3.63, 3.8) is 0 Å². The van der Waals surface area contributed by atoms with Crippen LogP contribution in [0.5, 0.6) is 0 Å². The minimum atomic E-state index is -0.354. The van der Waals surface area contributed by atoms with E-state index in [1.54, 1.807) is 0 Å². The first kappa shape index (κ1) is 18.9. The summed E-state index contributed by atoms with van der Waals surface area (Å²) in [6, 6.07) is 7.32. The number of hydrogen-bond acceptors (Lipinski definition) is 3. The van der Waals surface area contributed by atoms with Gasteiger partial charge < -0.3 is 10.2 Å². The lowest BCUT2D eigenvalue weighted by Gasteiger charge is -2.39. The number of hydrogen-bond donors (Lipinski definition) is 1. The monoisotopic (exact) mass is 395 g/mol. The quantitative estimate of drug-likeness (QED) is 0.855. The van der Waals surface area contributed by atoms with Crippen LogP contribution >= 0.6 is 15.9 Å². The molecular weight excluding hydrogens is 370 g/mol. The molecule has 1 atom stereocenters. The standard InChI is InChI=1S/C18H26BrN3O2/c1-13(16(23)20-15-7-5-14(19)6-8-15)21-9-11-22(12-10-21)17(24)18(2,3)4/h5-8,13H,9-12H2,1-4H3,(H,20,23). The van der Waals surface area contributed by atoms with E-state index < -0.39 is 0 Å². The van der Waals surface area contributed by atoms with E-state index in [0.29, 0.717) is 13.1 Å². The van der Waals surface area contributed by atoms with Gasteiger partial charge >= 0.3 is 0 Å². The Labute approximate surface area is 152 Å². The third kappa shape index (κ3) is 4.80. The molecule has 0 aromatic heterocycles. The Bertz CT molecular complexity index is 587. The highest BCUT2D eigenvalue weighted by atomic mass is 79.9. The van der Waals surface area contributed by atoms with E-state index in [-0.39, 0.29) is 23.3 Å². The molecule has 1 saturated heterocycles. The maximum atomic E-state index is 12.4. The van der Waals surface area contributed by atoms with Crippen LogP contribution < -0.4 is 5.32 Å². The van der Waals surface area contributed by atoms with Crippen molar-refractivity contribution < 1.29 is 9.59 Å². The Balaban J connectivity index is 1.88. The fourth-order valence-corrected chi connectivity index (χ4v) is 3.00. The fraction of sp³-hybridized carbons (Fsp3) is 0.556. The highest BCUT2D eigenvalue weighted by Gasteiger charge is 2.32. The van der Waals surface area contributed by atoms with E-state index in [4.69, 9.17) is 0 Å². The Morgan fingerprint density at radius 1 is 1.08 bits per heavy atom. The molecule has 24 heavy (non-hydrogen) atoms. The number of anilines is 1. The molecule has 1 aromatic rings. The molecule has 1 fully saturated rings. The van der Waals surface area contributed by atoms with Crippen LogP contribution in [0.1, 0.15) is 27.7 Å². The van der Waals surface area contributed by atoms with Crippen LogP contribution in [0.4, 0.5) is 5.69 Å². The van der Waals surface area contributed by atoms with Crippen LogP contribution in [0.25, 0.3) is 0 Å². The van der Waals surface area contributed by atoms with Crippen LogP contribution in [0.15, 0.2) is 28.7 Å². The van der Waals surface area contributed by atoms with E-state index in [1.807, 2.05) is 56.9 Å². The third-order valence-corrected chi connectivity index (χ3v) is 4.81. The lowest BCUT2D eigenvalue weighted by atomic mass is 9.94. The van der Waals surface area contributed by atoms with Crippen molar-refractivity contribution in [2.45, 2.75) is 33.7 Å². The Morgan fingerprint density at radius 2 is 1.62 bits per heavy atom. The molecule has 1 N–H and O–H groups in total. The normalized spacial score (nSPS) is 17.5. The maximum absolute atomic E-state index is 12.4. The van der Waals surface area contributed by atoms with Gasteiger partial charge in [-0.05, 0) is 31.2 Å². The van der Waals surface area contributed by atoms with E-state index >= 15 is 0 Å². The molecule has 6 heteroatoms. The molecule has 0 aliphatic carbocycles. The number of rotatable bonds is 3. The van der Waals surface area contributed by atoms with Gasteiger partial charge in [0, 0.05) is 41.8 Å². The highest BCUT2D eigenvalue weighted by Crippen LogP contribution is 2.20. The summed E-state index contributed by atoms with van der Waals surface area (Å²) in [4.78, 5) is 28.8. The van der Waals surface area contributed by atoms with Gasteiger partial charge in [-0.2, -0.15) is 0 Å². The molecular formula is C18H26BrN3O2. The number of halogens is 1. The average molecular weight is 396 g/mol. The molecule has 0 spiro atoms. The zero-order valence-electron chi connectivity index (χ0n) is 14.8. The Kier molecular flexibility index (Phi) is 6.04. The van der Waals surface area contributed by atoms with E-state index in [0.717, 1.165) is 23.2 Å². The third-order valence-electron chi connectivity index (χ3n) is 4.28. The summed E-state index contributed by atoms with van der Waals surface area (Å²) in [5.41, 5.74) is 0.434. The summed E-state index contributed by atoms with van der Waals surface area (Å²) < 4.78 is 0.980. The van der Waals surface area contributed by atoms with E-state index in [1.165, 1.54) is 0 Å². The van der Waals surface area contributed by atoms with Gasteiger partial charge in [0.15, 0.2) is 0 Å². The van der Waals surface area contributed by atoms with Gasteiger partial charge in [0.2, 0.25) is 11.8 Å². The average Bonchev–Trinajstić information content (AvgIpc) is 2.55. The summed E-state index contributed by atoms with van der Waals surface area (Å²) in [6.45, 7) is 10.5. The van der Waals surface area contributed by atoms with Crippen LogP contribution in [0.2, 0.25) is 0 Å². The van der Waals surface area contributed by atoms with Gasteiger partial charge in [-0.3, -0.25) is 14.5 Å². The first-order valence-electron chi connectivity index (χ1n) is 8.28. The number of piperazine rings is 1. The van der Waals surface area contributed by atoms with Gasteiger partial charge in [0.1, 0.15) is 0 Å². The van der Waals surface area contributed by atoms with Crippen molar-refractivity contribution in [3.8, 4) is 0 Å². The molecule has 0 bridgehead atoms. The molecule has 1 unspecified atom stereocenters. The molecule has 0 saturated carbocycles. The van der Waals surface area contributed by atoms with Gasteiger partial charge in [-0.15, -0.1) is 0 Å². The summed E-state index contributed by atoms with van der Waals surface area (Å²) in [6.07, 6.45) is 0. The lowest BCUT2D eigenvalue weighted by Crippen LogP contribution is -2.55. The van der Waals surface area contributed by atoms with E-state index in [2.05, 4.69) is 26.1 Å². The molecule has 5 nitrogen and oxygen atoms in total. The minimum absolute atomic E-state index is 0.0204. The highest BCUT2D eigenvalue weighted by molar-refractivity contribution is 9.10. The number of carbonyl (C=O) groups is 2. The second kappa shape index (κ2) is 7.66. The minimum Gasteiger partial charge on any atom is -0.340 e. The van der Waals surface area contributed by atoms with Crippen molar-refractivity contribution in [3.05, 3.63) is 28.7 Å². The Morgan fingerprint density at radius 3 is 2.12 bits per heavy atom. The first-order valence-corrected chi connectivity index (χ1v) is 9.07. The lowest BCUT2D eigenvalue weighted by molar-refractivity contribution is -0.141. The topological polar surface area (TPSA) is 52.7 Å². The van der Waals surface area contributed by atoms with Gasteiger partial charge in [-0.1, -0.05) is 36.7 Å². The number of nitrogens with zero attached hydrogens (tertiary/aromatic N) is 2. The van der Waals surface area contributed by atoms with Crippen molar-refractivity contribution in [1.82, 2.24) is 9.80 Å². The summed E-state index contributed by atoms with van der Waals surface area (Å²) in [5, 5.41) is 2.94. The smallest absolute Gasteiger partial charge is 0.241 e. The second-order valence-electron chi connectivity index (χ2n) is 7.25. The fourth-order valence-electron chi connectivity index (χ4n) is 2.73.